The Labute approximate surface area is 242 Å². The molecule has 40 heavy (non-hydrogen) atoms. The molecule has 7 nitrogen and oxygen atoms in total. The number of rotatable bonds is 7. The van der Waals surface area contributed by atoms with Gasteiger partial charge in [0.25, 0.3) is 0 Å². The molecule has 1 aliphatic rings. The molecule has 0 unspecified atom stereocenters. The molecule has 0 spiro atoms. The molecule has 6 heterocycles. The Balaban J connectivity index is 0.00000142. The standard InChI is InChI=1S/C29H26ClN7S.C2H6/c30-25-11-10-24(38-25)20-6-3-7-22-26(20)34-29(33-22)28-27-23(35-36-28)9-8-21(32-27)19-15-18(16-31-17-19)5-4-14-37-12-1-2-13-37;1-2/h3,6-11,15-17H,1-2,4-5,12-14H2,(H,33,34)(H,35,36);1-2H3. The number of fused-ring (bicyclic) bond motifs is 2. The lowest BCUT2D eigenvalue weighted by atomic mass is 10.1. The molecular weight excluding hydrogens is 538 g/mol. The summed E-state index contributed by atoms with van der Waals surface area (Å²) in [5.41, 5.74) is 8.35. The fraction of sp³-hybridized carbons (Fsp3) is 0.290. The number of imidazole rings is 1. The molecule has 0 saturated carbocycles. The van der Waals surface area contributed by atoms with Gasteiger partial charge >= 0.3 is 0 Å². The van der Waals surface area contributed by atoms with Crippen molar-refractivity contribution in [2.45, 2.75) is 39.5 Å². The molecule has 9 heteroatoms. The highest BCUT2D eigenvalue weighted by atomic mass is 35.5. The van der Waals surface area contributed by atoms with E-state index in [9.17, 15) is 0 Å². The zero-order chi connectivity index (χ0) is 27.5. The van der Waals surface area contributed by atoms with Crippen LogP contribution in [0.25, 0.3) is 55.3 Å². The normalized spacial score (nSPS) is 13.7. The van der Waals surface area contributed by atoms with E-state index in [4.69, 9.17) is 21.6 Å². The van der Waals surface area contributed by atoms with Crippen LogP contribution in [0.2, 0.25) is 4.34 Å². The van der Waals surface area contributed by atoms with Gasteiger partial charge in [0.1, 0.15) is 5.52 Å². The van der Waals surface area contributed by atoms with E-state index in [1.165, 1.54) is 31.5 Å². The Bertz CT molecular complexity index is 1750. The van der Waals surface area contributed by atoms with Crippen LogP contribution in [0.4, 0.5) is 0 Å². The van der Waals surface area contributed by atoms with E-state index in [1.54, 1.807) is 11.3 Å². The first-order valence-corrected chi connectivity index (χ1v) is 15.2. The molecule has 0 bridgehead atoms. The highest BCUT2D eigenvalue weighted by Crippen LogP contribution is 2.36. The molecule has 7 rings (SSSR count). The minimum Gasteiger partial charge on any atom is -0.336 e. The lowest BCUT2D eigenvalue weighted by molar-refractivity contribution is 0.334. The lowest BCUT2D eigenvalue weighted by Gasteiger charge is -2.14. The number of aromatic nitrogens is 6. The number of nitrogens with zero attached hydrogens (tertiary/aromatic N) is 5. The van der Waals surface area contributed by atoms with Gasteiger partial charge in [-0.25, -0.2) is 9.97 Å². The largest absolute Gasteiger partial charge is 0.336 e. The maximum Gasteiger partial charge on any atom is 0.161 e. The van der Waals surface area contributed by atoms with E-state index in [2.05, 4.69) is 37.2 Å². The van der Waals surface area contributed by atoms with Gasteiger partial charge in [0.2, 0.25) is 0 Å². The molecule has 0 aliphatic carbocycles. The Hall–Kier alpha value is -3.59. The van der Waals surface area contributed by atoms with E-state index >= 15 is 0 Å². The van der Waals surface area contributed by atoms with E-state index in [0.717, 1.165) is 67.5 Å². The summed E-state index contributed by atoms with van der Waals surface area (Å²) < 4.78 is 0.757. The van der Waals surface area contributed by atoms with Crippen LogP contribution in [-0.2, 0) is 6.42 Å². The molecule has 2 N–H and O–H groups in total. The fourth-order valence-corrected chi connectivity index (χ4v) is 6.37. The zero-order valence-corrected chi connectivity index (χ0v) is 24.3. The summed E-state index contributed by atoms with van der Waals surface area (Å²) in [4.78, 5) is 21.6. The number of hydrogen-bond donors (Lipinski definition) is 2. The van der Waals surface area contributed by atoms with E-state index in [1.807, 2.05) is 62.6 Å². The van der Waals surface area contributed by atoms with Crippen LogP contribution in [0.1, 0.15) is 38.7 Å². The first-order valence-electron chi connectivity index (χ1n) is 14.0. The summed E-state index contributed by atoms with van der Waals surface area (Å²) in [5.74, 6) is 0.680. The number of para-hydroxylation sites is 1. The average molecular weight is 570 g/mol. The highest BCUT2D eigenvalue weighted by molar-refractivity contribution is 7.19. The molecular formula is C31H32ClN7S. The van der Waals surface area contributed by atoms with Gasteiger partial charge in [-0.15, -0.1) is 11.3 Å². The quantitative estimate of drug-likeness (QED) is 0.203. The SMILES string of the molecule is CC.Clc1ccc(-c2cccc3[nH]c(-c4n[nH]c5ccc(-c6cncc(CCCN7CCCC7)c6)nc45)nc23)s1. The van der Waals surface area contributed by atoms with Crippen molar-refractivity contribution in [2.24, 2.45) is 0 Å². The van der Waals surface area contributed by atoms with Crippen LogP contribution in [0.3, 0.4) is 0 Å². The van der Waals surface area contributed by atoms with Crippen molar-refractivity contribution >= 4 is 45.0 Å². The number of likely N-dealkylation sites (tertiary alicyclic amines) is 1. The number of pyridine rings is 2. The molecule has 0 atom stereocenters. The average Bonchev–Trinajstić information content (AvgIpc) is 3.80. The molecule has 1 aliphatic heterocycles. The fourth-order valence-electron chi connectivity index (χ4n) is 5.30. The van der Waals surface area contributed by atoms with Gasteiger partial charge in [0.15, 0.2) is 11.5 Å². The van der Waals surface area contributed by atoms with Crippen LogP contribution < -0.4 is 0 Å². The molecule has 1 fully saturated rings. The van der Waals surface area contributed by atoms with Gasteiger partial charge in [-0.1, -0.05) is 37.6 Å². The van der Waals surface area contributed by atoms with Crippen LogP contribution in [0.5, 0.6) is 0 Å². The van der Waals surface area contributed by atoms with Crippen molar-refractivity contribution in [2.75, 3.05) is 19.6 Å². The summed E-state index contributed by atoms with van der Waals surface area (Å²) in [6.07, 6.45) is 8.70. The molecule has 0 amide bonds. The number of hydrogen-bond acceptors (Lipinski definition) is 6. The second-order valence-corrected chi connectivity index (χ2v) is 11.5. The van der Waals surface area contributed by atoms with Gasteiger partial charge in [-0.3, -0.25) is 10.1 Å². The molecule has 1 aromatic carbocycles. The molecule has 6 aromatic rings. The Morgan fingerprint density at radius 2 is 1.82 bits per heavy atom. The second kappa shape index (κ2) is 11.9. The van der Waals surface area contributed by atoms with Crippen molar-refractivity contribution in [3.63, 3.8) is 0 Å². The van der Waals surface area contributed by atoms with Gasteiger partial charge in [0.05, 0.1) is 26.6 Å². The van der Waals surface area contributed by atoms with Crippen LogP contribution in [-0.4, -0.2) is 54.7 Å². The third kappa shape index (κ3) is 5.39. The van der Waals surface area contributed by atoms with Crippen LogP contribution in [0, 0.1) is 0 Å². The maximum atomic E-state index is 6.20. The summed E-state index contributed by atoms with van der Waals surface area (Å²) >= 11 is 7.75. The monoisotopic (exact) mass is 569 g/mol. The van der Waals surface area contributed by atoms with Crippen molar-refractivity contribution in [3.8, 4) is 33.2 Å². The summed E-state index contributed by atoms with van der Waals surface area (Å²) in [6, 6.07) is 16.3. The molecule has 204 valence electrons. The third-order valence-electron chi connectivity index (χ3n) is 7.21. The summed E-state index contributed by atoms with van der Waals surface area (Å²) in [5, 5.41) is 7.69. The van der Waals surface area contributed by atoms with Gasteiger partial charge in [-0.05, 0) is 87.3 Å². The minimum absolute atomic E-state index is 0.680. The maximum absolute atomic E-state index is 6.20. The number of halogens is 1. The predicted molar refractivity (Wildman–Crippen MR) is 166 cm³/mol. The second-order valence-electron chi connectivity index (χ2n) is 9.79. The lowest BCUT2D eigenvalue weighted by Crippen LogP contribution is -2.20. The molecule has 0 radical (unpaired) electrons. The van der Waals surface area contributed by atoms with E-state index < -0.39 is 0 Å². The number of thiophene rings is 1. The van der Waals surface area contributed by atoms with Crippen molar-refractivity contribution < 1.29 is 0 Å². The number of benzene rings is 1. The van der Waals surface area contributed by atoms with Crippen molar-refractivity contribution in [3.05, 3.63) is 70.8 Å². The predicted octanol–water partition coefficient (Wildman–Crippen LogP) is 8.00. The van der Waals surface area contributed by atoms with Gasteiger partial charge < -0.3 is 9.88 Å². The van der Waals surface area contributed by atoms with E-state index in [-0.39, 0.29) is 0 Å². The number of nitrogens with one attached hydrogen (secondary N) is 2. The highest BCUT2D eigenvalue weighted by Gasteiger charge is 2.18. The first kappa shape index (κ1) is 26.6. The van der Waals surface area contributed by atoms with Gasteiger partial charge in [0, 0.05) is 28.4 Å². The third-order valence-corrected chi connectivity index (χ3v) is 8.48. The van der Waals surface area contributed by atoms with Gasteiger partial charge in [-0.2, -0.15) is 5.10 Å². The first-order chi connectivity index (χ1) is 19.7. The van der Waals surface area contributed by atoms with Crippen molar-refractivity contribution in [1.29, 1.82) is 0 Å². The van der Waals surface area contributed by atoms with Crippen molar-refractivity contribution in [1.82, 2.24) is 35.0 Å². The number of aromatic amines is 2. The molecule has 1 saturated heterocycles. The summed E-state index contributed by atoms with van der Waals surface area (Å²) in [6.45, 7) is 7.64. The Morgan fingerprint density at radius 3 is 2.65 bits per heavy atom. The Morgan fingerprint density at radius 1 is 0.950 bits per heavy atom. The number of aryl methyl sites for hydroxylation is 1. The number of H-pyrrole nitrogens is 2. The van der Waals surface area contributed by atoms with E-state index in [0.29, 0.717) is 11.5 Å². The smallest absolute Gasteiger partial charge is 0.161 e. The van der Waals surface area contributed by atoms with Crippen LogP contribution >= 0.6 is 22.9 Å². The topological polar surface area (TPSA) is 86.4 Å². The van der Waals surface area contributed by atoms with Crippen LogP contribution in [0.15, 0.2) is 60.9 Å². The zero-order valence-electron chi connectivity index (χ0n) is 22.7. The molecule has 5 aromatic heterocycles. The minimum atomic E-state index is 0.680. The Kier molecular flexibility index (Phi) is 7.91. The summed E-state index contributed by atoms with van der Waals surface area (Å²) in [7, 11) is 0.